The first-order valence-electron chi connectivity index (χ1n) is 6.43. The molecule has 0 aromatic heterocycles. The van der Waals surface area contributed by atoms with Crippen molar-refractivity contribution >= 4 is 8.07 Å². The third kappa shape index (κ3) is 2.88. The van der Waals surface area contributed by atoms with Crippen LogP contribution in [0.2, 0.25) is 19.6 Å². The van der Waals surface area contributed by atoms with E-state index in [-0.39, 0.29) is 0 Å². The SMILES string of the molecule is C=C=C([C@](C)(O)C1CCCCC1)[Si](C)(C)C. The Morgan fingerprint density at radius 1 is 1.25 bits per heavy atom. The van der Waals surface area contributed by atoms with Gasteiger partial charge in [0.25, 0.3) is 0 Å². The standard InChI is InChI=1S/C14H26OSi/c1-6-13(16(3,4)5)14(2,15)12-10-8-7-9-11-12/h12,15H,1,7-11H2,2-5H3/t14-/m1/s1. The molecule has 0 spiro atoms. The number of hydrogen-bond acceptors (Lipinski definition) is 1. The summed E-state index contributed by atoms with van der Waals surface area (Å²) in [6, 6.07) is 0. The van der Waals surface area contributed by atoms with Gasteiger partial charge in [-0.05, 0) is 30.9 Å². The fraction of sp³-hybridized carbons (Fsp3) is 0.786. The van der Waals surface area contributed by atoms with Crippen LogP contribution in [0.15, 0.2) is 17.5 Å². The Morgan fingerprint density at radius 2 is 1.75 bits per heavy atom. The lowest BCUT2D eigenvalue weighted by Gasteiger charge is -2.40. The maximum Gasteiger partial charge on any atom is 0.0893 e. The highest BCUT2D eigenvalue weighted by atomic mass is 28.3. The van der Waals surface area contributed by atoms with Gasteiger partial charge >= 0.3 is 0 Å². The Bertz CT molecular complexity index is 286. The maximum absolute atomic E-state index is 10.8. The van der Waals surface area contributed by atoms with Gasteiger partial charge in [-0.3, -0.25) is 0 Å². The second kappa shape index (κ2) is 4.91. The Balaban J connectivity index is 2.94. The average Bonchev–Trinajstić information content (AvgIpc) is 2.17. The highest BCUT2D eigenvalue weighted by Gasteiger charge is 2.41. The van der Waals surface area contributed by atoms with Crippen LogP contribution in [0, 0.1) is 5.92 Å². The molecule has 0 aromatic carbocycles. The second-order valence-electron chi connectivity index (χ2n) is 6.28. The van der Waals surface area contributed by atoms with Crippen LogP contribution in [0.25, 0.3) is 0 Å². The molecule has 1 saturated carbocycles. The minimum atomic E-state index is -1.51. The molecule has 0 aromatic rings. The molecule has 92 valence electrons. The molecule has 16 heavy (non-hydrogen) atoms. The van der Waals surface area contributed by atoms with Crippen LogP contribution >= 0.6 is 0 Å². The Hall–Kier alpha value is -0.303. The lowest BCUT2D eigenvalue weighted by molar-refractivity contribution is 0.0226. The molecule has 0 radical (unpaired) electrons. The Labute approximate surface area is 101 Å². The van der Waals surface area contributed by atoms with Crippen LogP contribution in [0.4, 0.5) is 0 Å². The molecule has 1 rings (SSSR count). The molecule has 1 aliphatic carbocycles. The Morgan fingerprint density at radius 3 is 2.12 bits per heavy atom. The van der Waals surface area contributed by atoms with Crippen molar-refractivity contribution in [3.8, 4) is 0 Å². The number of rotatable bonds is 3. The molecule has 1 atom stereocenters. The summed E-state index contributed by atoms with van der Waals surface area (Å²) in [6.07, 6.45) is 6.16. The molecule has 0 heterocycles. The molecule has 1 nitrogen and oxygen atoms in total. The topological polar surface area (TPSA) is 20.2 Å². The molecule has 0 saturated heterocycles. The highest BCUT2D eigenvalue weighted by Crippen LogP contribution is 2.39. The molecular weight excluding hydrogens is 212 g/mol. The summed E-state index contributed by atoms with van der Waals surface area (Å²) in [5.41, 5.74) is 2.38. The zero-order valence-corrected chi connectivity index (χ0v) is 12.3. The summed E-state index contributed by atoms with van der Waals surface area (Å²) in [7, 11) is -1.51. The van der Waals surface area contributed by atoms with Gasteiger partial charge in [-0.2, -0.15) is 0 Å². The molecule has 1 aliphatic rings. The summed E-state index contributed by atoms with van der Waals surface area (Å²) < 4.78 is 0. The van der Waals surface area contributed by atoms with Crippen molar-refractivity contribution in [2.45, 2.75) is 64.3 Å². The van der Waals surface area contributed by atoms with Crippen molar-refractivity contribution in [1.82, 2.24) is 0 Å². The molecular formula is C14H26OSi. The predicted octanol–water partition coefficient (Wildman–Crippen LogP) is 3.91. The summed E-state index contributed by atoms with van der Waals surface area (Å²) in [6.45, 7) is 12.6. The third-order valence-corrected chi connectivity index (χ3v) is 6.02. The molecule has 2 heteroatoms. The van der Waals surface area contributed by atoms with Gasteiger partial charge < -0.3 is 5.11 Å². The van der Waals surface area contributed by atoms with Crippen molar-refractivity contribution in [2.24, 2.45) is 5.92 Å². The number of hydrogen-bond donors (Lipinski definition) is 1. The molecule has 0 aliphatic heterocycles. The van der Waals surface area contributed by atoms with Crippen LogP contribution in [-0.2, 0) is 0 Å². The fourth-order valence-corrected chi connectivity index (χ4v) is 5.33. The minimum Gasteiger partial charge on any atom is -0.385 e. The fourth-order valence-electron chi connectivity index (χ4n) is 3.07. The summed E-state index contributed by atoms with van der Waals surface area (Å²) in [5, 5.41) is 11.9. The summed E-state index contributed by atoms with van der Waals surface area (Å²) >= 11 is 0. The van der Waals surface area contributed by atoms with Crippen molar-refractivity contribution in [3.05, 3.63) is 17.5 Å². The van der Waals surface area contributed by atoms with Gasteiger partial charge in [0.05, 0.1) is 13.7 Å². The van der Waals surface area contributed by atoms with E-state index in [0.29, 0.717) is 5.92 Å². The first kappa shape index (κ1) is 13.8. The van der Waals surface area contributed by atoms with Crippen LogP contribution < -0.4 is 0 Å². The first-order valence-corrected chi connectivity index (χ1v) is 9.93. The quantitative estimate of drug-likeness (QED) is 0.584. The van der Waals surface area contributed by atoms with E-state index in [0.717, 1.165) is 18.0 Å². The smallest absolute Gasteiger partial charge is 0.0893 e. The van der Waals surface area contributed by atoms with Crippen LogP contribution in [0.3, 0.4) is 0 Å². The van der Waals surface area contributed by atoms with E-state index in [1.807, 2.05) is 6.92 Å². The summed E-state index contributed by atoms with van der Waals surface area (Å²) in [5.74, 6) is 0.414. The van der Waals surface area contributed by atoms with E-state index in [1.54, 1.807) is 0 Å². The molecule has 1 N–H and O–H groups in total. The van der Waals surface area contributed by atoms with Crippen molar-refractivity contribution in [2.75, 3.05) is 0 Å². The molecule has 1 fully saturated rings. The maximum atomic E-state index is 10.8. The van der Waals surface area contributed by atoms with E-state index < -0.39 is 13.7 Å². The van der Waals surface area contributed by atoms with E-state index in [4.69, 9.17) is 0 Å². The van der Waals surface area contributed by atoms with Gasteiger partial charge in [-0.25, -0.2) is 0 Å². The van der Waals surface area contributed by atoms with Gasteiger partial charge in [-0.15, -0.1) is 5.73 Å². The van der Waals surface area contributed by atoms with E-state index in [1.165, 1.54) is 19.3 Å². The van der Waals surface area contributed by atoms with Gasteiger partial charge in [0.1, 0.15) is 0 Å². The largest absolute Gasteiger partial charge is 0.385 e. The van der Waals surface area contributed by atoms with Crippen LogP contribution in [0.1, 0.15) is 39.0 Å². The predicted molar refractivity (Wildman–Crippen MR) is 73.2 cm³/mol. The zero-order chi connectivity index (χ0) is 12.4. The van der Waals surface area contributed by atoms with Crippen molar-refractivity contribution in [3.63, 3.8) is 0 Å². The monoisotopic (exact) mass is 238 g/mol. The summed E-state index contributed by atoms with van der Waals surface area (Å²) in [4.78, 5) is 0. The van der Waals surface area contributed by atoms with Gasteiger partial charge in [0, 0.05) is 0 Å². The number of aliphatic hydroxyl groups is 1. The van der Waals surface area contributed by atoms with Crippen molar-refractivity contribution in [1.29, 1.82) is 0 Å². The van der Waals surface area contributed by atoms with E-state index >= 15 is 0 Å². The minimum absolute atomic E-state index is 0.414. The lowest BCUT2D eigenvalue weighted by Crippen LogP contribution is -2.46. The van der Waals surface area contributed by atoms with Crippen LogP contribution in [-0.4, -0.2) is 18.8 Å². The Kier molecular flexibility index (Phi) is 4.22. The van der Waals surface area contributed by atoms with Gasteiger partial charge in [0.15, 0.2) is 0 Å². The molecule has 0 amide bonds. The zero-order valence-electron chi connectivity index (χ0n) is 11.3. The molecule has 0 bridgehead atoms. The van der Waals surface area contributed by atoms with Gasteiger partial charge in [0.2, 0.25) is 0 Å². The van der Waals surface area contributed by atoms with Crippen LogP contribution in [0.5, 0.6) is 0 Å². The molecule has 0 unspecified atom stereocenters. The first-order chi connectivity index (χ1) is 7.30. The third-order valence-electron chi connectivity index (χ3n) is 3.83. The highest BCUT2D eigenvalue weighted by molar-refractivity contribution is 6.83. The average molecular weight is 238 g/mol. The van der Waals surface area contributed by atoms with E-state index in [2.05, 4.69) is 32.0 Å². The second-order valence-corrected chi connectivity index (χ2v) is 11.3. The lowest BCUT2D eigenvalue weighted by atomic mass is 9.77. The van der Waals surface area contributed by atoms with Gasteiger partial charge in [-0.1, -0.05) is 45.5 Å². The van der Waals surface area contributed by atoms with E-state index in [9.17, 15) is 5.11 Å². The normalized spacial score (nSPS) is 22.3. The van der Waals surface area contributed by atoms with Crippen molar-refractivity contribution < 1.29 is 5.11 Å².